The molecule has 0 spiro atoms. The molecule has 0 aliphatic carbocycles. The molecule has 2 aromatic carbocycles. The smallest absolute Gasteiger partial charge is 0.335 e. The molecule has 0 saturated carbocycles. The van der Waals surface area contributed by atoms with Crippen LogP contribution in [0.25, 0.3) is 11.1 Å². The second-order valence-electron chi connectivity index (χ2n) is 4.18. The van der Waals surface area contributed by atoms with Gasteiger partial charge in [-0.25, -0.2) is 4.79 Å². The highest BCUT2D eigenvalue weighted by molar-refractivity contribution is 6.31. The minimum Gasteiger partial charge on any atom is -0.496 e. The van der Waals surface area contributed by atoms with Crippen molar-refractivity contribution < 1.29 is 14.6 Å². The van der Waals surface area contributed by atoms with Crippen molar-refractivity contribution in [2.24, 2.45) is 0 Å². The van der Waals surface area contributed by atoms with E-state index in [1.54, 1.807) is 44.4 Å². The van der Waals surface area contributed by atoms with E-state index in [1.807, 2.05) is 6.07 Å². The normalized spacial score (nSPS) is 10.3. The Labute approximate surface area is 116 Å². The summed E-state index contributed by atoms with van der Waals surface area (Å²) < 4.78 is 5.28. The molecule has 0 aliphatic heterocycles. The Morgan fingerprint density at radius 1 is 1.21 bits per heavy atom. The van der Waals surface area contributed by atoms with Gasteiger partial charge in [0, 0.05) is 10.6 Å². The second-order valence-corrected chi connectivity index (χ2v) is 4.62. The Hall–Kier alpha value is -2.00. The van der Waals surface area contributed by atoms with Crippen molar-refractivity contribution in [2.45, 2.75) is 6.92 Å². The molecule has 0 fully saturated rings. The summed E-state index contributed by atoms with van der Waals surface area (Å²) in [6.07, 6.45) is 0. The largest absolute Gasteiger partial charge is 0.496 e. The molecule has 4 heteroatoms. The number of rotatable bonds is 3. The molecule has 1 N–H and O–H groups in total. The van der Waals surface area contributed by atoms with Gasteiger partial charge in [0.05, 0.1) is 12.7 Å². The number of halogens is 1. The molecular formula is C15H13ClO3. The molecule has 2 rings (SSSR count). The summed E-state index contributed by atoms with van der Waals surface area (Å²) in [5.74, 6) is -0.287. The van der Waals surface area contributed by atoms with E-state index in [4.69, 9.17) is 21.4 Å². The van der Waals surface area contributed by atoms with Crippen LogP contribution in [0.4, 0.5) is 0 Å². The molecule has 0 saturated heterocycles. The number of carboxylic acid groups (broad SMARTS) is 1. The molecule has 0 aromatic heterocycles. The van der Waals surface area contributed by atoms with Gasteiger partial charge in [-0.15, -0.1) is 0 Å². The second kappa shape index (κ2) is 5.33. The number of benzene rings is 2. The number of aromatic carboxylic acids is 1. The summed E-state index contributed by atoms with van der Waals surface area (Å²) in [7, 11) is 1.57. The lowest BCUT2D eigenvalue weighted by Crippen LogP contribution is -2.00. The summed E-state index contributed by atoms with van der Waals surface area (Å²) in [4.78, 5) is 11.2. The number of carboxylic acids is 1. The topological polar surface area (TPSA) is 46.5 Å². The third kappa shape index (κ3) is 2.71. The van der Waals surface area contributed by atoms with Gasteiger partial charge in [0.25, 0.3) is 0 Å². The van der Waals surface area contributed by atoms with Gasteiger partial charge >= 0.3 is 5.97 Å². The zero-order chi connectivity index (χ0) is 14.0. The fraction of sp³-hybridized carbons (Fsp3) is 0.133. The third-order valence-corrected chi connectivity index (χ3v) is 3.18. The van der Waals surface area contributed by atoms with Crippen LogP contribution in [0.5, 0.6) is 5.75 Å². The van der Waals surface area contributed by atoms with Crippen LogP contribution < -0.4 is 4.74 Å². The average molecular weight is 277 g/mol. The van der Waals surface area contributed by atoms with Crippen LogP contribution in [-0.4, -0.2) is 18.2 Å². The molecule has 0 radical (unpaired) electrons. The van der Waals surface area contributed by atoms with E-state index in [9.17, 15) is 4.79 Å². The van der Waals surface area contributed by atoms with Crippen LogP contribution in [0.15, 0.2) is 36.4 Å². The van der Waals surface area contributed by atoms with Crippen molar-refractivity contribution in [2.75, 3.05) is 7.11 Å². The number of carbonyl (C=O) groups is 1. The maximum Gasteiger partial charge on any atom is 0.335 e. The monoisotopic (exact) mass is 276 g/mol. The van der Waals surface area contributed by atoms with E-state index >= 15 is 0 Å². The molecule has 98 valence electrons. The van der Waals surface area contributed by atoms with Crippen LogP contribution in [-0.2, 0) is 0 Å². The van der Waals surface area contributed by atoms with E-state index in [1.165, 1.54) is 0 Å². The van der Waals surface area contributed by atoms with Crippen LogP contribution in [0.2, 0.25) is 5.02 Å². The van der Waals surface area contributed by atoms with Crippen molar-refractivity contribution >= 4 is 17.6 Å². The predicted octanol–water partition coefficient (Wildman–Crippen LogP) is 4.02. The maximum absolute atomic E-state index is 11.2. The third-order valence-electron chi connectivity index (χ3n) is 2.94. The lowest BCUT2D eigenvalue weighted by atomic mass is 9.99. The molecule has 0 amide bonds. The van der Waals surface area contributed by atoms with E-state index in [0.717, 1.165) is 16.7 Å². The van der Waals surface area contributed by atoms with Crippen molar-refractivity contribution in [1.29, 1.82) is 0 Å². The zero-order valence-corrected chi connectivity index (χ0v) is 11.4. The molecule has 2 aromatic rings. The van der Waals surface area contributed by atoms with Crippen LogP contribution in [0.1, 0.15) is 15.9 Å². The number of hydrogen-bond acceptors (Lipinski definition) is 2. The minimum absolute atomic E-state index is 0.277. The van der Waals surface area contributed by atoms with Crippen molar-refractivity contribution in [1.82, 2.24) is 0 Å². The standard InChI is InChI=1S/C15H13ClO3/c1-9-3-4-10(7-12(9)15(17)18)13-8-11(16)5-6-14(13)19-2/h3-8H,1-2H3,(H,17,18). The number of aryl methyl sites for hydroxylation is 1. The molecule has 19 heavy (non-hydrogen) atoms. The quantitative estimate of drug-likeness (QED) is 0.921. The summed E-state index contributed by atoms with van der Waals surface area (Å²) in [6.45, 7) is 1.77. The predicted molar refractivity (Wildman–Crippen MR) is 75.1 cm³/mol. The summed E-state index contributed by atoms with van der Waals surface area (Å²) in [5, 5.41) is 9.74. The van der Waals surface area contributed by atoms with E-state index < -0.39 is 5.97 Å². The molecule has 3 nitrogen and oxygen atoms in total. The van der Waals surface area contributed by atoms with E-state index in [2.05, 4.69) is 0 Å². The summed E-state index contributed by atoms with van der Waals surface area (Å²) >= 11 is 5.99. The molecule has 0 heterocycles. The van der Waals surface area contributed by atoms with E-state index in [0.29, 0.717) is 10.8 Å². The van der Waals surface area contributed by atoms with Crippen molar-refractivity contribution in [3.8, 4) is 16.9 Å². The van der Waals surface area contributed by atoms with Gasteiger partial charge in [0.1, 0.15) is 5.75 Å². The van der Waals surface area contributed by atoms with E-state index in [-0.39, 0.29) is 5.56 Å². The molecule has 0 atom stereocenters. The summed E-state index contributed by atoms with van der Waals surface area (Å²) in [6, 6.07) is 10.5. The van der Waals surface area contributed by atoms with Crippen LogP contribution in [0.3, 0.4) is 0 Å². The zero-order valence-electron chi connectivity index (χ0n) is 10.6. The number of hydrogen-bond donors (Lipinski definition) is 1. The highest BCUT2D eigenvalue weighted by Gasteiger charge is 2.12. The molecule has 0 bridgehead atoms. The summed E-state index contributed by atoms with van der Waals surface area (Å²) in [5.41, 5.74) is 2.54. The van der Waals surface area contributed by atoms with Gasteiger partial charge in [-0.3, -0.25) is 0 Å². The SMILES string of the molecule is COc1ccc(Cl)cc1-c1ccc(C)c(C(=O)O)c1. The molecule has 0 unspecified atom stereocenters. The Bertz CT molecular complexity index is 635. The van der Waals surface area contributed by atoms with Crippen LogP contribution in [0, 0.1) is 6.92 Å². The van der Waals surface area contributed by atoms with Gasteiger partial charge < -0.3 is 9.84 Å². The Morgan fingerprint density at radius 2 is 1.95 bits per heavy atom. The van der Waals surface area contributed by atoms with Gasteiger partial charge in [0.2, 0.25) is 0 Å². The Morgan fingerprint density at radius 3 is 2.58 bits per heavy atom. The van der Waals surface area contributed by atoms with Gasteiger partial charge in [-0.1, -0.05) is 23.7 Å². The molecular weight excluding hydrogens is 264 g/mol. The minimum atomic E-state index is -0.944. The highest BCUT2D eigenvalue weighted by Crippen LogP contribution is 2.33. The fourth-order valence-electron chi connectivity index (χ4n) is 1.93. The lowest BCUT2D eigenvalue weighted by molar-refractivity contribution is 0.0696. The lowest BCUT2D eigenvalue weighted by Gasteiger charge is -2.11. The average Bonchev–Trinajstić information content (AvgIpc) is 2.39. The van der Waals surface area contributed by atoms with Gasteiger partial charge in [0.15, 0.2) is 0 Å². The Balaban J connectivity index is 2.62. The maximum atomic E-state index is 11.2. The van der Waals surface area contributed by atoms with Gasteiger partial charge in [-0.2, -0.15) is 0 Å². The first-order valence-corrected chi connectivity index (χ1v) is 6.08. The first-order chi connectivity index (χ1) is 9.02. The first kappa shape index (κ1) is 13.4. The number of methoxy groups -OCH3 is 1. The molecule has 0 aliphatic rings. The first-order valence-electron chi connectivity index (χ1n) is 5.71. The fourth-order valence-corrected chi connectivity index (χ4v) is 2.10. The highest BCUT2D eigenvalue weighted by atomic mass is 35.5. The van der Waals surface area contributed by atoms with Crippen molar-refractivity contribution in [3.63, 3.8) is 0 Å². The van der Waals surface area contributed by atoms with Crippen molar-refractivity contribution in [3.05, 3.63) is 52.5 Å². The Kier molecular flexibility index (Phi) is 3.76. The van der Waals surface area contributed by atoms with Gasteiger partial charge in [-0.05, 0) is 42.3 Å². The van der Waals surface area contributed by atoms with Crippen LogP contribution >= 0.6 is 11.6 Å². The number of ether oxygens (including phenoxy) is 1.